The van der Waals surface area contributed by atoms with Gasteiger partial charge in [0, 0.05) is 24.5 Å². The summed E-state index contributed by atoms with van der Waals surface area (Å²) in [5, 5.41) is 2.83. The molecule has 1 saturated heterocycles. The third-order valence-electron chi connectivity index (χ3n) is 3.17. The van der Waals surface area contributed by atoms with Gasteiger partial charge in [-0.15, -0.1) is 0 Å². The second-order valence-corrected chi connectivity index (χ2v) is 4.58. The Kier molecular flexibility index (Phi) is 4.40. The van der Waals surface area contributed by atoms with E-state index in [0.717, 1.165) is 18.8 Å². The minimum atomic E-state index is -0.0803. The van der Waals surface area contributed by atoms with Crippen molar-refractivity contribution < 1.29 is 4.79 Å². The van der Waals surface area contributed by atoms with E-state index in [1.54, 1.807) is 6.08 Å². The van der Waals surface area contributed by atoms with Crippen molar-refractivity contribution in [2.45, 2.75) is 26.2 Å². The molecule has 1 heterocycles. The molecule has 1 amide bonds. The summed E-state index contributed by atoms with van der Waals surface area (Å²) < 4.78 is 0. The molecule has 0 unspecified atom stereocenters. The third kappa shape index (κ3) is 3.36. The summed E-state index contributed by atoms with van der Waals surface area (Å²) in [7, 11) is 0. The Balaban J connectivity index is 1.98. The summed E-state index contributed by atoms with van der Waals surface area (Å²) in [5.74, 6) is -0.0803. The Hall–Kier alpha value is -1.77. The van der Waals surface area contributed by atoms with Gasteiger partial charge in [0.05, 0.1) is 0 Å². The Morgan fingerprint density at radius 3 is 2.44 bits per heavy atom. The summed E-state index contributed by atoms with van der Waals surface area (Å²) in [5.41, 5.74) is 2.09. The van der Waals surface area contributed by atoms with Crippen LogP contribution in [0.4, 0.5) is 11.4 Å². The van der Waals surface area contributed by atoms with Gasteiger partial charge in [0.1, 0.15) is 0 Å². The Labute approximate surface area is 108 Å². The first-order valence-electron chi connectivity index (χ1n) is 6.58. The molecule has 0 saturated carbocycles. The van der Waals surface area contributed by atoms with E-state index < -0.39 is 0 Å². The van der Waals surface area contributed by atoms with Crippen LogP contribution in [-0.2, 0) is 4.79 Å². The predicted octanol–water partition coefficient (Wildman–Crippen LogP) is 3.19. The fraction of sp³-hybridized carbons (Fsp3) is 0.400. The molecule has 96 valence electrons. The molecule has 0 bridgehead atoms. The summed E-state index contributed by atoms with van der Waals surface area (Å²) in [4.78, 5) is 13.8. The molecule has 1 fully saturated rings. The summed E-state index contributed by atoms with van der Waals surface area (Å²) in [6, 6.07) is 8.09. The lowest BCUT2D eigenvalue weighted by molar-refractivity contribution is -0.111. The molecule has 3 nitrogen and oxygen atoms in total. The molecule has 18 heavy (non-hydrogen) atoms. The number of benzene rings is 1. The van der Waals surface area contributed by atoms with Gasteiger partial charge in [0.15, 0.2) is 0 Å². The lowest BCUT2D eigenvalue weighted by Crippen LogP contribution is -2.29. The zero-order chi connectivity index (χ0) is 12.8. The molecule has 2 rings (SSSR count). The Morgan fingerprint density at radius 2 is 1.83 bits per heavy atom. The number of carbonyl (C=O) groups excluding carboxylic acids is 1. The normalized spacial score (nSPS) is 15.9. The van der Waals surface area contributed by atoms with E-state index in [-0.39, 0.29) is 5.91 Å². The maximum absolute atomic E-state index is 11.4. The van der Waals surface area contributed by atoms with Crippen molar-refractivity contribution in [2.75, 3.05) is 23.3 Å². The molecule has 0 atom stereocenters. The van der Waals surface area contributed by atoms with Crippen LogP contribution in [0.25, 0.3) is 0 Å². The zero-order valence-electron chi connectivity index (χ0n) is 10.9. The average molecular weight is 244 g/mol. The van der Waals surface area contributed by atoms with Gasteiger partial charge >= 0.3 is 0 Å². The quantitative estimate of drug-likeness (QED) is 0.828. The minimum Gasteiger partial charge on any atom is -0.372 e. The van der Waals surface area contributed by atoms with Gasteiger partial charge in [-0.1, -0.05) is 6.08 Å². The minimum absolute atomic E-state index is 0.0803. The van der Waals surface area contributed by atoms with E-state index in [0.29, 0.717) is 0 Å². The number of hydrogen-bond acceptors (Lipinski definition) is 2. The van der Waals surface area contributed by atoms with Crippen molar-refractivity contribution in [1.29, 1.82) is 0 Å². The van der Waals surface area contributed by atoms with Crippen LogP contribution >= 0.6 is 0 Å². The number of anilines is 2. The molecule has 0 aliphatic carbocycles. The molecule has 3 heteroatoms. The van der Waals surface area contributed by atoms with Crippen LogP contribution in [-0.4, -0.2) is 19.0 Å². The van der Waals surface area contributed by atoms with E-state index in [9.17, 15) is 4.79 Å². The number of rotatable bonds is 3. The van der Waals surface area contributed by atoms with Crippen LogP contribution in [0.2, 0.25) is 0 Å². The lowest BCUT2D eigenvalue weighted by atomic mass is 10.1. The van der Waals surface area contributed by atoms with Crippen LogP contribution < -0.4 is 10.2 Å². The molecule has 0 radical (unpaired) electrons. The number of nitrogens with zero attached hydrogens (tertiary/aromatic N) is 1. The van der Waals surface area contributed by atoms with E-state index in [1.807, 2.05) is 19.1 Å². The van der Waals surface area contributed by atoms with E-state index in [4.69, 9.17) is 0 Å². The van der Waals surface area contributed by atoms with E-state index in [1.165, 1.54) is 31.0 Å². The van der Waals surface area contributed by atoms with Crippen LogP contribution in [0.15, 0.2) is 36.4 Å². The topological polar surface area (TPSA) is 32.3 Å². The number of allylic oxidation sites excluding steroid dienone is 1. The van der Waals surface area contributed by atoms with Gasteiger partial charge in [0.2, 0.25) is 5.91 Å². The van der Waals surface area contributed by atoms with E-state index in [2.05, 4.69) is 22.3 Å². The second-order valence-electron chi connectivity index (χ2n) is 4.58. The van der Waals surface area contributed by atoms with Gasteiger partial charge in [-0.25, -0.2) is 0 Å². The van der Waals surface area contributed by atoms with Gasteiger partial charge in [-0.05, 0) is 56.5 Å². The van der Waals surface area contributed by atoms with Crippen LogP contribution in [0.1, 0.15) is 26.2 Å². The molecule has 1 aliphatic rings. The predicted molar refractivity (Wildman–Crippen MR) is 75.9 cm³/mol. The first-order valence-corrected chi connectivity index (χ1v) is 6.58. The Bertz CT molecular complexity index is 417. The Morgan fingerprint density at radius 1 is 1.17 bits per heavy atom. The highest BCUT2D eigenvalue weighted by atomic mass is 16.1. The monoisotopic (exact) mass is 244 g/mol. The van der Waals surface area contributed by atoms with E-state index >= 15 is 0 Å². The first kappa shape index (κ1) is 12.7. The number of piperidine rings is 1. The summed E-state index contributed by atoms with van der Waals surface area (Å²) >= 11 is 0. The van der Waals surface area contributed by atoms with Crippen molar-refractivity contribution in [1.82, 2.24) is 0 Å². The largest absolute Gasteiger partial charge is 0.372 e. The van der Waals surface area contributed by atoms with Crippen molar-refractivity contribution in [2.24, 2.45) is 0 Å². The van der Waals surface area contributed by atoms with Crippen molar-refractivity contribution in [3.8, 4) is 0 Å². The fourth-order valence-corrected chi connectivity index (χ4v) is 2.24. The van der Waals surface area contributed by atoms with Crippen molar-refractivity contribution in [3.63, 3.8) is 0 Å². The second kappa shape index (κ2) is 6.24. The molecule has 1 aromatic carbocycles. The smallest absolute Gasteiger partial charge is 0.248 e. The first-order chi connectivity index (χ1) is 8.79. The fourth-order valence-electron chi connectivity index (χ4n) is 2.24. The summed E-state index contributed by atoms with van der Waals surface area (Å²) in [6.07, 6.45) is 7.16. The number of amides is 1. The molecule has 0 aromatic heterocycles. The van der Waals surface area contributed by atoms with Crippen molar-refractivity contribution in [3.05, 3.63) is 36.4 Å². The van der Waals surface area contributed by atoms with Crippen LogP contribution in [0, 0.1) is 0 Å². The van der Waals surface area contributed by atoms with Crippen molar-refractivity contribution >= 4 is 17.3 Å². The molecule has 1 aromatic rings. The number of hydrogen-bond donors (Lipinski definition) is 1. The maximum atomic E-state index is 11.4. The highest BCUT2D eigenvalue weighted by Crippen LogP contribution is 2.21. The van der Waals surface area contributed by atoms with Crippen LogP contribution in [0.3, 0.4) is 0 Å². The molecule has 1 N–H and O–H groups in total. The van der Waals surface area contributed by atoms with Gasteiger partial charge in [-0.2, -0.15) is 0 Å². The molecule has 0 spiro atoms. The zero-order valence-corrected chi connectivity index (χ0v) is 10.9. The highest BCUT2D eigenvalue weighted by Gasteiger charge is 2.10. The standard InChI is InChI=1S/C15H20N2O/c1-2-6-15(18)16-13-7-9-14(10-8-13)17-11-4-3-5-12-17/h2,6-10H,3-5,11-12H2,1H3,(H,16,18)/b6-2+. The molecular formula is C15H20N2O. The average Bonchev–Trinajstić information content (AvgIpc) is 2.41. The summed E-state index contributed by atoms with van der Waals surface area (Å²) in [6.45, 7) is 4.12. The van der Waals surface area contributed by atoms with Gasteiger partial charge < -0.3 is 10.2 Å². The third-order valence-corrected chi connectivity index (χ3v) is 3.17. The SMILES string of the molecule is C/C=C/C(=O)Nc1ccc(N2CCCCC2)cc1. The van der Waals surface area contributed by atoms with Gasteiger partial charge in [-0.3, -0.25) is 4.79 Å². The maximum Gasteiger partial charge on any atom is 0.248 e. The highest BCUT2D eigenvalue weighted by molar-refractivity contribution is 5.99. The molecule has 1 aliphatic heterocycles. The molecular weight excluding hydrogens is 224 g/mol. The number of carbonyl (C=O) groups is 1. The lowest BCUT2D eigenvalue weighted by Gasteiger charge is -2.28. The van der Waals surface area contributed by atoms with Gasteiger partial charge in [0.25, 0.3) is 0 Å². The number of nitrogens with one attached hydrogen (secondary N) is 1. The van der Waals surface area contributed by atoms with Crippen LogP contribution in [0.5, 0.6) is 0 Å².